The number of sulfonamides is 1. The van der Waals surface area contributed by atoms with Gasteiger partial charge in [0.2, 0.25) is 15.9 Å². The van der Waals surface area contributed by atoms with Gasteiger partial charge in [0.15, 0.2) is 0 Å². The van der Waals surface area contributed by atoms with Crippen LogP contribution in [0.4, 0.5) is 0 Å². The number of rotatable bonds is 7. The molecule has 0 radical (unpaired) electrons. The fraction of sp³-hybridized carbons (Fsp3) is 0.462. The molecule has 6 nitrogen and oxygen atoms in total. The SMILES string of the molecule is NS(=O)(=O)c1ccc(CNC(=O)CCNC2CC2)cc1. The van der Waals surface area contributed by atoms with Crippen molar-refractivity contribution >= 4 is 15.9 Å². The van der Waals surface area contributed by atoms with Gasteiger partial charge in [0.05, 0.1) is 4.90 Å². The molecule has 1 aromatic carbocycles. The van der Waals surface area contributed by atoms with Crippen LogP contribution in [0.15, 0.2) is 29.2 Å². The number of nitrogens with one attached hydrogen (secondary N) is 2. The monoisotopic (exact) mass is 297 g/mol. The topological polar surface area (TPSA) is 101 Å². The quantitative estimate of drug-likeness (QED) is 0.664. The van der Waals surface area contributed by atoms with E-state index >= 15 is 0 Å². The van der Waals surface area contributed by atoms with E-state index < -0.39 is 10.0 Å². The van der Waals surface area contributed by atoms with E-state index in [0.29, 0.717) is 25.6 Å². The second-order valence-corrected chi connectivity index (χ2v) is 6.51. The number of amides is 1. The maximum Gasteiger partial charge on any atom is 0.238 e. The Balaban J connectivity index is 1.73. The van der Waals surface area contributed by atoms with Crippen molar-refractivity contribution in [2.45, 2.75) is 36.7 Å². The van der Waals surface area contributed by atoms with Crippen molar-refractivity contribution < 1.29 is 13.2 Å². The third-order valence-corrected chi connectivity index (χ3v) is 4.03. The molecule has 1 amide bonds. The van der Waals surface area contributed by atoms with Crippen LogP contribution in [-0.4, -0.2) is 26.9 Å². The van der Waals surface area contributed by atoms with Crippen LogP contribution in [0.1, 0.15) is 24.8 Å². The largest absolute Gasteiger partial charge is 0.352 e. The number of carbonyl (C=O) groups is 1. The summed E-state index contributed by atoms with van der Waals surface area (Å²) in [5, 5.41) is 11.1. The lowest BCUT2D eigenvalue weighted by Crippen LogP contribution is -2.28. The third kappa shape index (κ3) is 4.92. The Morgan fingerprint density at radius 3 is 2.45 bits per heavy atom. The van der Waals surface area contributed by atoms with Gasteiger partial charge in [-0.1, -0.05) is 12.1 Å². The molecule has 1 fully saturated rings. The third-order valence-electron chi connectivity index (χ3n) is 3.10. The lowest BCUT2D eigenvalue weighted by molar-refractivity contribution is -0.121. The van der Waals surface area contributed by atoms with E-state index in [1.165, 1.54) is 25.0 Å². The highest BCUT2D eigenvalue weighted by Crippen LogP contribution is 2.18. The summed E-state index contributed by atoms with van der Waals surface area (Å²) in [6.45, 7) is 1.08. The van der Waals surface area contributed by atoms with E-state index in [0.717, 1.165) is 5.56 Å². The highest BCUT2D eigenvalue weighted by atomic mass is 32.2. The summed E-state index contributed by atoms with van der Waals surface area (Å²) in [6, 6.07) is 6.76. The van der Waals surface area contributed by atoms with Gasteiger partial charge in [0, 0.05) is 25.6 Å². The first-order valence-electron chi connectivity index (χ1n) is 6.57. The number of carbonyl (C=O) groups excluding carboxylic acids is 1. The molecular weight excluding hydrogens is 278 g/mol. The first-order chi connectivity index (χ1) is 9.45. The zero-order valence-electron chi connectivity index (χ0n) is 11.1. The normalized spacial score (nSPS) is 15.1. The van der Waals surface area contributed by atoms with Gasteiger partial charge in [-0.2, -0.15) is 0 Å². The number of primary sulfonamides is 1. The highest BCUT2D eigenvalue weighted by molar-refractivity contribution is 7.89. The number of hydrogen-bond acceptors (Lipinski definition) is 4. The fourth-order valence-corrected chi connectivity index (χ4v) is 2.28. The van der Waals surface area contributed by atoms with Crippen molar-refractivity contribution in [2.75, 3.05) is 6.54 Å². The first-order valence-corrected chi connectivity index (χ1v) is 8.11. The molecule has 1 aliphatic rings. The van der Waals surface area contributed by atoms with Gasteiger partial charge in [-0.25, -0.2) is 13.6 Å². The predicted octanol–water partition coefficient (Wildman–Crippen LogP) is 0.0923. The van der Waals surface area contributed by atoms with Crippen LogP contribution in [-0.2, 0) is 21.4 Å². The number of hydrogen-bond donors (Lipinski definition) is 3. The van der Waals surface area contributed by atoms with Crippen molar-refractivity contribution in [3.05, 3.63) is 29.8 Å². The second-order valence-electron chi connectivity index (χ2n) is 4.94. The highest BCUT2D eigenvalue weighted by Gasteiger charge is 2.19. The van der Waals surface area contributed by atoms with Crippen molar-refractivity contribution in [3.63, 3.8) is 0 Å². The molecule has 7 heteroatoms. The molecule has 0 spiro atoms. The standard InChI is InChI=1S/C13H19N3O3S/c14-20(18,19)12-5-1-10(2-6-12)9-16-13(17)7-8-15-11-3-4-11/h1-2,5-6,11,15H,3-4,7-9H2,(H,16,17)(H2,14,18,19). The summed E-state index contributed by atoms with van der Waals surface area (Å²) in [4.78, 5) is 11.6. The molecule has 0 bridgehead atoms. The summed E-state index contributed by atoms with van der Waals surface area (Å²) in [5.74, 6) is -0.0197. The van der Waals surface area contributed by atoms with Crippen molar-refractivity contribution in [1.82, 2.24) is 10.6 Å². The van der Waals surface area contributed by atoms with Crippen molar-refractivity contribution in [3.8, 4) is 0 Å². The van der Waals surface area contributed by atoms with E-state index in [4.69, 9.17) is 5.14 Å². The molecule has 0 unspecified atom stereocenters. The van der Waals surface area contributed by atoms with Crippen molar-refractivity contribution in [2.24, 2.45) is 5.14 Å². The lowest BCUT2D eigenvalue weighted by Gasteiger charge is -2.06. The van der Waals surface area contributed by atoms with E-state index in [9.17, 15) is 13.2 Å². The van der Waals surface area contributed by atoms with E-state index in [1.807, 2.05) is 0 Å². The Kier molecular flexibility index (Phi) is 4.74. The number of nitrogens with two attached hydrogens (primary N) is 1. The lowest BCUT2D eigenvalue weighted by atomic mass is 10.2. The zero-order chi connectivity index (χ0) is 14.6. The van der Waals surface area contributed by atoms with Crippen LogP contribution in [0, 0.1) is 0 Å². The van der Waals surface area contributed by atoms with Crippen LogP contribution < -0.4 is 15.8 Å². The maximum atomic E-state index is 11.6. The molecule has 0 aromatic heterocycles. The maximum absolute atomic E-state index is 11.6. The molecule has 110 valence electrons. The summed E-state index contributed by atoms with van der Waals surface area (Å²) < 4.78 is 22.2. The Hall–Kier alpha value is -1.44. The molecular formula is C13H19N3O3S. The Morgan fingerprint density at radius 2 is 1.90 bits per heavy atom. The molecule has 2 rings (SSSR count). The van der Waals surface area contributed by atoms with E-state index in [2.05, 4.69) is 10.6 Å². The zero-order valence-corrected chi connectivity index (χ0v) is 11.9. The second kappa shape index (κ2) is 6.34. The van der Waals surface area contributed by atoms with Crippen LogP contribution >= 0.6 is 0 Å². The van der Waals surface area contributed by atoms with E-state index in [-0.39, 0.29) is 10.8 Å². The van der Waals surface area contributed by atoms with Gasteiger partial charge in [-0.15, -0.1) is 0 Å². The molecule has 1 aliphatic carbocycles. The Labute approximate surface area is 118 Å². The summed E-state index contributed by atoms with van der Waals surface area (Å²) in [7, 11) is -3.66. The Morgan fingerprint density at radius 1 is 1.25 bits per heavy atom. The molecule has 1 aromatic rings. The molecule has 1 saturated carbocycles. The molecule has 20 heavy (non-hydrogen) atoms. The van der Waals surface area contributed by atoms with Crippen molar-refractivity contribution in [1.29, 1.82) is 0 Å². The van der Waals surface area contributed by atoms with E-state index in [1.54, 1.807) is 12.1 Å². The van der Waals surface area contributed by atoms with Gasteiger partial charge < -0.3 is 10.6 Å². The minimum atomic E-state index is -3.66. The van der Waals surface area contributed by atoms with Gasteiger partial charge >= 0.3 is 0 Å². The van der Waals surface area contributed by atoms with Crippen LogP contribution in [0.2, 0.25) is 0 Å². The fourth-order valence-electron chi connectivity index (χ4n) is 1.76. The smallest absolute Gasteiger partial charge is 0.238 e. The molecule has 4 N–H and O–H groups in total. The summed E-state index contributed by atoms with van der Waals surface area (Å²) in [6.07, 6.45) is 2.86. The summed E-state index contributed by atoms with van der Waals surface area (Å²) in [5.41, 5.74) is 0.834. The molecule has 0 saturated heterocycles. The minimum Gasteiger partial charge on any atom is -0.352 e. The average molecular weight is 297 g/mol. The van der Waals surface area contributed by atoms with Crippen LogP contribution in [0.3, 0.4) is 0 Å². The van der Waals surface area contributed by atoms with Gasteiger partial charge in [-0.05, 0) is 30.5 Å². The van der Waals surface area contributed by atoms with Gasteiger partial charge in [0.1, 0.15) is 0 Å². The average Bonchev–Trinajstić information content (AvgIpc) is 3.20. The molecule has 0 atom stereocenters. The van der Waals surface area contributed by atoms with Crippen LogP contribution in [0.5, 0.6) is 0 Å². The van der Waals surface area contributed by atoms with Gasteiger partial charge in [-0.3, -0.25) is 4.79 Å². The summed E-state index contributed by atoms with van der Waals surface area (Å²) >= 11 is 0. The first kappa shape index (κ1) is 15.0. The predicted molar refractivity (Wildman–Crippen MR) is 75.3 cm³/mol. The van der Waals surface area contributed by atoms with Gasteiger partial charge in [0.25, 0.3) is 0 Å². The number of benzene rings is 1. The Bertz CT molecular complexity index is 565. The van der Waals surface area contributed by atoms with Crippen LogP contribution in [0.25, 0.3) is 0 Å². The molecule has 0 aliphatic heterocycles. The molecule has 0 heterocycles. The minimum absolute atomic E-state index is 0.0197.